The second-order valence-electron chi connectivity index (χ2n) is 4.72. The summed E-state index contributed by atoms with van der Waals surface area (Å²) in [5.74, 6) is 0. The van der Waals surface area contributed by atoms with Crippen molar-refractivity contribution in [2.75, 3.05) is 11.9 Å². The lowest BCUT2D eigenvalue weighted by Gasteiger charge is -2.29. The minimum atomic E-state index is 0.265. The maximum absolute atomic E-state index is 6.28. The highest BCUT2D eigenvalue weighted by molar-refractivity contribution is 7.00. The Morgan fingerprint density at radius 1 is 1.32 bits per heavy atom. The van der Waals surface area contributed by atoms with Crippen LogP contribution in [0.25, 0.3) is 11.0 Å². The van der Waals surface area contributed by atoms with E-state index in [9.17, 15) is 0 Å². The number of nitrogens with one attached hydrogen (secondary N) is 1. The summed E-state index contributed by atoms with van der Waals surface area (Å²) in [5, 5.41) is 4.60. The van der Waals surface area contributed by atoms with Crippen molar-refractivity contribution in [3.05, 3.63) is 16.1 Å². The second-order valence-corrected chi connectivity index (χ2v) is 6.07. The zero-order chi connectivity index (χ0) is 13.4. The van der Waals surface area contributed by atoms with Gasteiger partial charge in [-0.3, -0.25) is 0 Å². The molecule has 2 unspecified atom stereocenters. The molecule has 2 atom stereocenters. The molecule has 1 aromatic heterocycles. The van der Waals surface area contributed by atoms with Crippen molar-refractivity contribution in [3.8, 4) is 0 Å². The maximum atomic E-state index is 6.28. The van der Waals surface area contributed by atoms with Gasteiger partial charge in [0.25, 0.3) is 0 Å². The Morgan fingerprint density at radius 2 is 2.11 bits per heavy atom. The number of anilines is 1. The van der Waals surface area contributed by atoms with E-state index in [0.717, 1.165) is 42.4 Å². The Hall–Kier alpha value is -0.620. The molecule has 1 N–H and O–H groups in total. The first-order valence-electron chi connectivity index (χ1n) is 6.13. The lowest BCUT2D eigenvalue weighted by atomic mass is 10.0. The Bertz CT molecular complexity index is 604. The van der Waals surface area contributed by atoms with Crippen LogP contribution in [0.4, 0.5) is 5.69 Å². The van der Waals surface area contributed by atoms with Crippen molar-refractivity contribution in [3.63, 3.8) is 0 Å². The number of rotatable bonds is 2. The number of hydrogen-bond donors (Lipinski definition) is 1. The molecule has 1 aliphatic rings. The summed E-state index contributed by atoms with van der Waals surface area (Å²) in [6.07, 6.45) is 2.18. The first-order chi connectivity index (χ1) is 9.15. The first kappa shape index (κ1) is 13.4. The average Bonchev–Trinajstić information content (AvgIpc) is 2.84. The number of ether oxygens (including phenoxy) is 1. The van der Waals surface area contributed by atoms with Gasteiger partial charge in [-0.1, -0.05) is 23.2 Å². The predicted molar refractivity (Wildman–Crippen MR) is 79.5 cm³/mol. The predicted octanol–water partition coefficient (Wildman–Crippen LogP) is 3.98. The summed E-state index contributed by atoms with van der Waals surface area (Å²) in [6, 6.07) is 2.06. The molecule has 2 heterocycles. The molecule has 2 aromatic rings. The maximum Gasteiger partial charge on any atom is 0.130 e. The van der Waals surface area contributed by atoms with Crippen LogP contribution in [0.1, 0.15) is 19.8 Å². The van der Waals surface area contributed by atoms with Gasteiger partial charge in [-0.25, -0.2) is 0 Å². The smallest absolute Gasteiger partial charge is 0.130 e. The lowest BCUT2D eigenvalue weighted by Crippen LogP contribution is -2.32. The summed E-state index contributed by atoms with van der Waals surface area (Å²) in [6.45, 7) is 2.85. The van der Waals surface area contributed by atoms with Gasteiger partial charge in [-0.05, 0) is 25.8 Å². The van der Waals surface area contributed by atoms with Crippen molar-refractivity contribution in [1.82, 2.24) is 8.75 Å². The van der Waals surface area contributed by atoms with Crippen molar-refractivity contribution < 1.29 is 4.74 Å². The largest absolute Gasteiger partial charge is 0.379 e. The number of hydrogen-bond acceptors (Lipinski definition) is 5. The molecular formula is C12H13Cl2N3OS. The van der Waals surface area contributed by atoms with Crippen LogP contribution in [-0.4, -0.2) is 27.5 Å². The van der Waals surface area contributed by atoms with Gasteiger partial charge in [0.05, 0.1) is 33.6 Å². The van der Waals surface area contributed by atoms with E-state index in [4.69, 9.17) is 27.9 Å². The molecule has 1 aliphatic heterocycles. The van der Waals surface area contributed by atoms with E-state index < -0.39 is 0 Å². The minimum absolute atomic E-state index is 0.265. The molecule has 3 rings (SSSR count). The van der Waals surface area contributed by atoms with Gasteiger partial charge in [-0.15, -0.1) is 0 Å². The third-order valence-corrected chi connectivity index (χ3v) is 4.39. The molecule has 0 saturated carbocycles. The van der Waals surface area contributed by atoms with Gasteiger partial charge in [0.1, 0.15) is 11.0 Å². The van der Waals surface area contributed by atoms with Crippen LogP contribution < -0.4 is 5.32 Å². The van der Waals surface area contributed by atoms with Crippen LogP contribution in [-0.2, 0) is 4.74 Å². The Balaban J connectivity index is 1.94. The van der Waals surface area contributed by atoms with E-state index in [1.54, 1.807) is 6.07 Å². The van der Waals surface area contributed by atoms with Gasteiger partial charge in [0.15, 0.2) is 0 Å². The quantitative estimate of drug-likeness (QED) is 0.910. The zero-order valence-corrected chi connectivity index (χ0v) is 12.6. The van der Waals surface area contributed by atoms with Crippen LogP contribution in [0.15, 0.2) is 6.07 Å². The van der Waals surface area contributed by atoms with Gasteiger partial charge >= 0.3 is 0 Å². The Kier molecular flexibility index (Phi) is 3.80. The number of aromatic nitrogens is 2. The molecular weight excluding hydrogens is 305 g/mol. The monoisotopic (exact) mass is 317 g/mol. The van der Waals surface area contributed by atoms with E-state index in [0.29, 0.717) is 21.6 Å². The van der Waals surface area contributed by atoms with E-state index in [2.05, 4.69) is 21.0 Å². The topological polar surface area (TPSA) is 47.0 Å². The van der Waals surface area contributed by atoms with Crippen LogP contribution in [0.3, 0.4) is 0 Å². The fourth-order valence-electron chi connectivity index (χ4n) is 2.34. The molecule has 7 heteroatoms. The number of fused-ring (bicyclic) bond motifs is 1. The van der Waals surface area contributed by atoms with Crippen molar-refractivity contribution in [2.45, 2.75) is 31.9 Å². The normalized spacial score (nSPS) is 23.7. The summed E-state index contributed by atoms with van der Waals surface area (Å²) in [5.41, 5.74) is 2.29. The minimum Gasteiger partial charge on any atom is -0.379 e. The summed E-state index contributed by atoms with van der Waals surface area (Å²) >= 11 is 13.5. The first-order valence-corrected chi connectivity index (χ1v) is 7.62. The summed E-state index contributed by atoms with van der Waals surface area (Å²) in [4.78, 5) is 0. The van der Waals surface area contributed by atoms with Gasteiger partial charge in [-0.2, -0.15) is 8.75 Å². The number of benzene rings is 1. The molecule has 0 bridgehead atoms. The van der Waals surface area contributed by atoms with E-state index >= 15 is 0 Å². The highest BCUT2D eigenvalue weighted by Gasteiger charge is 2.22. The van der Waals surface area contributed by atoms with Gasteiger partial charge in [0, 0.05) is 12.6 Å². The summed E-state index contributed by atoms with van der Waals surface area (Å²) in [7, 11) is 0. The van der Waals surface area contributed by atoms with Crippen molar-refractivity contribution >= 4 is 51.7 Å². The molecule has 0 amide bonds. The highest BCUT2D eigenvalue weighted by atomic mass is 35.5. The van der Waals surface area contributed by atoms with Crippen LogP contribution in [0, 0.1) is 0 Å². The number of nitrogens with zero attached hydrogens (tertiary/aromatic N) is 2. The second kappa shape index (κ2) is 5.40. The Labute approximate surface area is 125 Å². The SMILES string of the molecule is CC1CC(Nc2c(Cl)cc(Cl)c3nsnc23)CCO1. The third-order valence-electron chi connectivity index (χ3n) is 3.28. The molecule has 0 aliphatic carbocycles. The lowest BCUT2D eigenvalue weighted by molar-refractivity contribution is 0.0232. The van der Waals surface area contributed by atoms with E-state index in [1.807, 2.05) is 0 Å². The molecule has 102 valence electrons. The van der Waals surface area contributed by atoms with Gasteiger partial charge in [0.2, 0.25) is 0 Å². The highest BCUT2D eigenvalue weighted by Crippen LogP contribution is 2.36. The average molecular weight is 318 g/mol. The van der Waals surface area contributed by atoms with Crippen LogP contribution >= 0.6 is 34.9 Å². The molecule has 1 saturated heterocycles. The van der Waals surface area contributed by atoms with E-state index in [1.165, 1.54) is 0 Å². The zero-order valence-electron chi connectivity index (χ0n) is 10.3. The molecule has 4 nitrogen and oxygen atoms in total. The fourth-order valence-corrected chi connectivity index (χ4v) is 3.51. The van der Waals surface area contributed by atoms with Crippen LogP contribution in [0.5, 0.6) is 0 Å². The Morgan fingerprint density at radius 3 is 2.89 bits per heavy atom. The summed E-state index contributed by atoms with van der Waals surface area (Å²) < 4.78 is 14.0. The molecule has 0 spiro atoms. The molecule has 0 radical (unpaired) electrons. The third kappa shape index (κ3) is 2.65. The van der Waals surface area contributed by atoms with Gasteiger partial charge < -0.3 is 10.1 Å². The van der Waals surface area contributed by atoms with Crippen molar-refractivity contribution in [1.29, 1.82) is 0 Å². The molecule has 19 heavy (non-hydrogen) atoms. The van der Waals surface area contributed by atoms with Crippen LogP contribution in [0.2, 0.25) is 10.0 Å². The fraction of sp³-hybridized carbons (Fsp3) is 0.500. The standard InChI is InChI=1S/C12H13Cl2N3OS/c1-6-4-7(2-3-18-6)15-10-8(13)5-9(14)11-12(10)17-19-16-11/h5-7,15H,2-4H2,1H3. The number of halogens is 2. The molecule has 1 aromatic carbocycles. The van der Waals surface area contributed by atoms with E-state index in [-0.39, 0.29) is 6.10 Å². The van der Waals surface area contributed by atoms with Crippen molar-refractivity contribution in [2.24, 2.45) is 0 Å². The molecule has 1 fully saturated rings.